The Hall–Kier alpha value is -2.75. The van der Waals surface area contributed by atoms with E-state index in [1.807, 2.05) is 6.07 Å². The molecule has 0 aliphatic heterocycles. The molecule has 0 amide bonds. The van der Waals surface area contributed by atoms with Crippen LogP contribution in [0.5, 0.6) is 0 Å². The van der Waals surface area contributed by atoms with Gasteiger partial charge in [0.2, 0.25) is 5.95 Å². The smallest absolute Gasteiger partial charge is 0.222 e. The van der Waals surface area contributed by atoms with Gasteiger partial charge in [-0.1, -0.05) is 19.2 Å². The van der Waals surface area contributed by atoms with Gasteiger partial charge in [-0.25, -0.2) is 9.97 Å². The highest BCUT2D eigenvalue weighted by Crippen LogP contribution is 2.27. The molecule has 0 radical (unpaired) electrons. The Bertz CT molecular complexity index is 818. The van der Waals surface area contributed by atoms with E-state index in [0.717, 1.165) is 16.6 Å². The molecule has 3 aromatic heterocycles. The fourth-order valence-electron chi connectivity index (χ4n) is 2.22. The average molecular weight is 265 g/mol. The minimum atomic E-state index is -0.529. The molecule has 3 rings (SSSR count). The molecular weight excluding hydrogens is 253 g/mol. The minimum absolute atomic E-state index is 0.379. The maximum Gasteiger partial charge on any atom is 0.222 e. The van der Waals surface area contributed by atoms with Crippen LogP contribution in [0.25, 0.3) is 34.4 Å². The van der Waals surface area contributed by atoms with Gasteiger partial charge >= 0.3 is 0 Å². The molecule has 98 valence electrons. The number of aromatic nitrogens is 3. The van der Waals surface area contributed by atoms with Crippen LogP contribution in [-0.4, -0.2) is 15.0 Å². The molecule has 0 bridgehead atoms. The van der Waals surface area contributed by atoms with Crippen LogP contribution in [0.1, 0.15) is 11.3 Å². The van der Waals surface area contributed by atoms with E-state index in [2.05, 4.69) is 28.1 Å². The maximum atomic E-state index is 13.7. The number of fused-ring (bicyclic) bond motifs is 1. The Morgan fingerprint density at radius 3 is 2.70 bits per heavy atom. The van der Waals surface area contributed by atoms with Crippen molar-refractivity contribution in [3.8, 4) is 11.3 Å². The van der Waals surface area contributed by atoms with Gasteiger partial charge in [0, 0.05) is 22.8 Å². The summed E-state index contributed by atoms with van der Waals surface area (Å²) in [6.45, 7) is 7.54. The first-order chi connectivity index (χ1) is 9.74. The van der Waals surface area contributed by atoms with Crippen molar-refractivity contribution in [2.75, 3.05) is 0 Å². The third kappa shape index (κ3) is 1.82. The van der Waals surface area contributed by atoms with E-state index in [1.165, 1.54) is 6.20 Å². The Kier molecular flexibility index (Phi) is 2.91. The van der Waals surface area contributed by atoms with Crippen molar-refractivity contribution in [1.29, 1.82) is 0 Å². The standard InChI is InChI=1S/C16H12FN3/c1-3-10-11-7-8-14(12-6-5-9-18-15(12)17)20-16(11)19-13(10)4-2/h3-9H,1-2H2,(H,19,20). The summed E-state index contributed by atoms with van der Waals surface area (Å²) in [6, 6.07) is 7.01. The van der Waals surface area contributed by atoms with Gasteiger partial charge in [0.1, 0.15) is 5.65 Å². The molecule has 3 aromatic rings. The zero-order chi connectivity index (χ0) is 14.1. The van der Waals surface area contributed by atoms with Gasteiger partial charge in [-0.15, -0.1) is 0 Å². The van der Waals surface area contributed by atoms with Crippen LogP contribution in [0.4, 0.5) is 4.39 Å². The van der Waals surface area contributed by atoms with E-state index in [1.54, 1.807) is 30.4 Å². The van der Waals surface area contributed by atoms with Crippen LogP contribution in [0.3, 0.4) is 0 Å². The van der Waals surface area contributed by atoms with Crippen molar-refractivity contribution in [1.82, 2.24) is 15.0 Å². The van der Waals surface area contributed by atoms with Crippen LogP contribution in [-0.2, 0) is 0 Å². The van der Waals surface area contributed by atoms with Gasteiger partial charge < -0.3 is 4.98 Å². The topological polar surface area (TPSA) is 41.6 Å². The first-order valence-electron chi connectivity index (χ1n) is 6.13. The van der Waals surface area contributed by atoms with E-state index < -0.39 is 5.95 Å². The highest BCUT2D eigenvalue weighted by molar-refractivity contribution is 5.91. The summed E-state index contributed by atoms with van der Waals surface area (Å²) in [4.78, 5) is 11.2. The molecule has 0 spiro atoms. The molecule has 0 atom stereocenters. The van der Waals surface area contributed by atoms with Gasteiger partial charge in [-0.2, -0.15) is 4.39 Å². The number of nitrogens with zero attached hydrogens (tertiary/aromatic N) is 2. The molecule has 0 aliphatic rings. The van der Waals surface area contributed by atoms with Crippen molar-refractivity contribution in [2.24, 2.45) is 0 Å². The molecule has 0 aliphatic carbocycles. The van der Waals surface area contributed by atoms with Gasteiger partial charge in [0.15, 0.2) is 0 Å². The van der Waals surface area contributed by atoms with Crippen LogP contribution in [0.2, 0.25) is 0 Å². The molecule has 20 heavy (non-hydrogen) atoms. The lowest BCUT2D eigenvalue weighted by Crippen LogP contribution is -1.90. The quantitative estimate of drug-likeness (QED) is 0.726. The number of halogens is 1. The molecule has 3 nitrogen and oxygen atoms in total. The van der Waals surface area contributed by atoms with Gasteiger partial charge in [0.25, 0.3) is 0 Å². The summed E-state index contributed by atoms with van der Waals surface area (Å²) in [5.41, 5.74) is 3.39. The third-order valence-electron chi connectivity index (χ3n) is 3.17. The number of rotatable bonds is 3. The summed E-state index contributed by atoms with van der Waals surface area (Å²) in [5.74, 6) is -0.529. The first-order valence-corrected chi connectivity index (χ1v) is 6.13. The van der Waals surface area contributed by atoms with Crippen LogP contribution in [0, 0.1) is 5.95 Å². The van der Waals surface area contributed by atoms with Gasteiger partial charge in [-0.3, -0.25) is 0 Å². The zero-order valence-electron chi connectivity index (χ0n) is 10.7. The number of hydrogen-bond donors (Lipinski definition) is 1. The monoisotopic (exact) mass is 265 g/mol. The fourth-order valence-corrected chi connectivity index (χ4v) is 2.22. The number of nitrogens with one attached hydrogen (secondary N) is 1. The van der Waals surface area contributed by atoms with Crippen molar-refractivity contribution < 1.29 is 4.39 Å². The number of aromatic amines is 1. The second-order valence-corrected chi connectivity index (χ2v) is 4.30. The van der Waals surface area contributed by atoms with E-state index in [9.17, 15) is 4.39 Å². The largest absolute Gasteiger partial charge is 0.339 e. The SMILES string of the molecule is C=Cc1[nH]c2nc(-c3cccnc3F)ccc2c1C=C. The highest BCUT2D eigenvalue weighted by Gasteiger charge is 2.11. The molecule has 0 fully saturated rings. The molecule has 0 saturated heterocycles. The Morgan fingerprint density at radius 2 is 2.00 bits per heavy atom. The second kappa shape index (κ2) is 4.74. The lowest BCUT2D eigenvalue weighted by molar-refractivity contribution is 0.587. The summed E-state index contributed by atoms with van der Waals surface area (Å²) >= 11 is 0. The van der Waals surface area contributed by atoms with Crippen molar-refractivity contribution >= 4 is 23.2 Å². The Morgan fingerprint density at radius 1 is 1.15 bits per heavy atom. The summed E-state index contributed by atoms with van der Waals surface area (Å²) in [7, 11) is 0. The highest BCUT2D eigenvalue weighted by atomic mass is 19.1. The zero-order valence-corrected chi connectivity index (χ0v) is 10.7. The molecule has 4 heteroatoms. The molecule has 0 unspecified atom stereocenters. The van der Waals surface area contributed by atoms with Crippen LogP contribution < -0.4 is 0 Å². The number of pyridine rings is 2. The predicted molar refractivity (Wildman–Crippen MR) is 79.5 cm³/mol. The second-order valence-electron chi connectivity index (χ2n) is 4.30. The lowest BCUT2D eigenvalue weighted by atomic mass is 10.1. The summed E-state index contributed by atoms with van der Waals surface area (Å²) < 4.78 is 13.7. The Balaban J connectivity index is 2.24. The number of H-pyrrole nitrogens is 1. The van der Waals surface area contributed by atoms with Crippen molar-refractivity contribution in [3.05, 3.63) is 60.8 Å². The van der Waals surface area contributed by atoms with Gasteiger partial charge in [0.05, 0.1) is 11.3 Å². The van der Waals surface area contributed by atoms with Crippen molar-refractivity contribution in [2.45, 2.75) is 0 Å². The van der Waals surface area contributed by atoms with E-state index in [4.69, 9.17) is 0 Å². The normalized spacial score (nSPS) is 10.7. The fraction of sp³-hybridized carbons (Fsp3) is 0. The average Bonchev–Trinajstić information content (AvgIpc) is 2.84. The summed E-state index contributed by atoms with van der Waals surface area (Å²) in [5, 5.41) is 0.933. The number of hydrogen-bond acceptors (Lipinski definition) is 2. The predicted octanol–water partition coefficient (Wildman–Crippen LogP) is 4.05. The third-order valence-corrected chi connectivity index (χ3v) is 3.17. The molecular formula is C16H12FN3. The van der Waals surface area contributed by atoms with E-state index in [-0.39, 0.29) is 0 Å². The van der Waals surface area contributed by atoms with Gasteiger partial charge in [-0.05, 0) is 30.3 Å². The molecule has 1 N–H and O–H groups in total. The van der Waals surface area contributed by atoms with Crippen molar-refractivity contribution in [3.63, 3.8) is 0 Å². The van der Waals surface area contributed by atoms with Crippen LogP contribution >= 0.6 is 0 Å². The molecule has 3 heterocycles. The first kappa shape index (κ1) is 12.3. The Labute approximate surface area is 115 Å². The molecule has 0 saturated carbocycles. The minimum Gasteiger partial charge on any atom is -0.339 e. The maximum absolute atomic E-state index is 13.7. The van der Waals surface area contributed by atoms with Crippen LogP contribution in [0.15, 0.2) is 43.6 Å². The van der Waals surface area contributed by atoms with E-state index in [0.29, 0.717) is 16.9 Å². The summed E-state index contributed by atoms with van der Waals surface area (Å²) in [6.07, 6.45) is 4.88. The lowest BCUT2D eigenvalue weighted by Gasteiger charge is -2.01. The molecule has 0 aromatic carbocycles. The van der Waals surface area contributed by atoms with E-state index >= 15 is 0 Å².